The number of phenolic OH excluding ortho intramolecular Hbond substituents is 1. The summed E-state index contributed by atoms with van der Waals surface area (Å²) < 4.78 is 5.55. The van der Waals surface area contributed by atoms with Crippen molar-refractivity contribution in [2.45, 2.75) is 6.10 Å². The van der Waals surface area contributed by atoms with E-state index in [0.717, 1.165) is 13.1 Å². The number of amides is 1. The van der Waals surface area contributed by atoms with Crippen LogP contribution in [-0.4, -0.2) is 55.3 Å². The Bertz CT molecular complexity index is 422. The monoisotopic (exact) mass is 250 g/mol. The van der Waals surface area contributed by atoms with E-state index in [1.54, 1.807) is 12.1 Å². The van der Waals surface area contributed by atoms with Gasteiger partial charge in [-0.3, -0.25) is 4.79 Å². The largest absolute Gasteiger partial charge is 0.508 e. The second-order valence-electron chi connectivity index (χ2n) is 4.52. The maximum atomic E-state index is 11.8. The highest BCUT2D eigenvalue weighted by atomic mass is 16.5. The Morgan fingerprint density at radius 1 is 1.61 bits per heavy atom. The molecule has 18 heavy (non-hydrogen) atoms. The van der Waals surface area contributed by atoms with E-state index >= 15 is 0 Å². The summed E-state index contributed by atoms with van der Waals surface area (Å²) in [5, 5.41) is 12.1. The van der Waals surface area contributed by atoms with Crippen LogP contribution in [0.15, 0.2) is 24.3 Å². The molecule has 98 valence electrons. The van der Waals surface area contributed by atoms with Gasteiger partial charge in [0.2, 0.25) is 0 Å². The molecule has 0 saturated carbocycles. The Labute approximate surface area is 106 Å². The Balaban J connectivity index is 1.84. The number of rotatable bonds is 3. The molecular formula is C13H18N2O3. The molecule has 1 aliphatic heterocycles. The number of nitrogens with one attached hydrogen (secondary N) is 1. The molecule has 5 nitrogen and oxygen atoms in total. The topological polar surface area (TPSA) is 61.8 Å². The second kappa shape index (κ2) is 5.84. The lowest BCUT2D eigenvalue weighted by molar-refractivity contribution is -0.0175. The molecule has 1 aliphatic rings. The third-order valence-electron chi connectivity index (χ3n) is 2.94. The summed E-state index contributed by atoms with van der Waals surface area (Å²) in [7, 11) is 2.03. The molecule has 5 heteroatoms. The first-order valence-electron chi connectivity index (χ1n) is 6.02. The first-order valence-corrected chi connectivity index (χ1v) is 6.02. The summed E-state index contributed by atoms with van der Waals surface area (Å²) in [6.45, 7) is 2.93. The predicted octanol–water partition coefficient (Wildman–Crippen LogP) is 0.453. The van der Waals surface area contributed by atoms with Crippen LogP contribution in [0.3, 0.4) is 0 Å². The van der Waals surface area contributed by atoms with Gasteiger partial charge in [0.05, 0.1) is 12.7 Å². The van der Waals surface area contributed by atoms with Gasteiger partial charge >= 0.3 is 0 Å². The summed E-state index contributed by atoms with van der Waals surface area (Å²) in [4.78, 5) is 14.0. The van der Waals surface area contributed by atoms with Gasteiger partial charge in [0.25, 0.3) is 5.91 Å². The maximum Gasteiger partial charge on any atom is 0.251 e. The van der Waals surface area contributed by atoms with Gasteiger partial charge in [-0.2, -0.15) is 0 Å². The minimum Gasteiger partial charge on any atom is -0.508 e. The van der Waals surface area contributed by atoms with E-state index < -0.39 is 0 Å². The van der Waals surface area contributed by atoms with Crippen molar-refractivity contribution in [2.75, 3.05) is 33.3 Å². The molecule has 0 aliphatic carbocycles. The number of phenols is 1. The number of carbonyl (C=O) groups is 1. The summed E-state index contributed by atoms with van der Waals surface area (Å²) in [6.07, 6.45) is 0.0324. The van der Waals surface area contributed by atoms with Crippen molar-refractivity contribution in [1.29, 1.82) is 0 Å². The number of aromatic hydroxyl groups is 1. The summed E-state index contributed by atoms with van der Waals surface area (Å²) in [5.41, 5.74) is 0.458. The molecule has 1 saturated heterocycles. The number of morpholine rings is 1. The van der Waals surface area contributed by atoms with Crippen molar-refractivity contribution in [3.63, 3.8) is 0 Å². The molecule has 2 rings (SSSR count). The third kappa shape index (κ3) is 3.45. The van der Waals surface area contributed by atoms with Crippen molar-refractivity contribution in [3.8, 4) is 5.75 Å². The molecular weight excluding hydrogens is 232 g/mol. The van der Waals surface area contributed by atoms with Gasteiger partial charge in [-0.15, -0.1) is 0 Å². The number of nitrogens with zero attached hydrogens (tertiary/aromatic N) is 1. The SMILES string of the molecule is CN1CCOC(CNC(=O)c2cccc(O)c2)C1. The number of hydrogen-bond acceptors (Lipinski definition) is 4. The van der Waals surface area contributed by atoms with Crippen LogP contribution in [0.1, 0.15) is 10.4 Å². The third-order valence-corrected chi connectivity index (χ3v) is 2.94. The van der Waals surface area contributed by atoms with Gasteiger partial charge < -0.3 is 20.1 Å². The van der Waals surface area contributed by atoms with Crippen LogP contribution in [-0.2, 0) is 4.74 Å². The highest BCUT2D eigenvalue weighted by Gasteiger charge is 2.18. The molecule has 0 bridgehead atoms. The fourth-order valence-corrected chi connectivity index (χ4v) is 1.95. The average molecular weight is 250 g/mol. The van der Waals surface area contributed by atoms with E-state index in [9.17, 15) is 9.90 Å². The lowest BCUT2D eigenvalue weighted by atomic mass is 10.2. The van der Waals surface area contributed by atoms with Crippen molar-refractivity contribution in [1.82, 2.24) is 10.2 Å². The Hall–Kier alpha value is -1.59. The molecule has 0 radical (unpaired) electrons. The van der Waals surface area contributed by atoms with Crippen LogP contribution in [0.2, 0.25) is 0 Å². The zero-order chi connectivity index (χ0) is 13.0. The zero-order valence-electron chi connectivity index (χ0n) is 10.4. The molecule has 1 heterocycles. The Kier molecular flexibility index (Phi) is 4.17. The van der Waals surface area contributed by atoms with E-state index in [-0.39, 0.29) is 17.8 Å². The molecule has 1 unspecified atom stereocenters. The van der Waals surface area contributed by atoms with Crippen LogP contribution in [0, 0.1) is 0 Å². The number of carbonyl (C=O) groups excluding carboxylic acids is 1. The summed E-state index contributed by atoms with van der Waals surface area (Å²) in [6, 6.07) is 6.30. The van der Waals surface area contributed by atoms with Crippen molar-refractivity contribution >= 4 is 5.91 Å². The maximum absolute atomic E-state index is 11.8. The van der Waals surface area contributed by atoms with Gasteiger partial charge in [0, 0.05) is 25.2 Å². The Morgan fingerprint density at radius 2 is 2.44 bits per heavy atom. The zero-order valence-corrected chi connectivity index (χ0v) is 10.4. The molecule has 1 aromatic rings. The number of likely N-dealkylation sites (N-methyl/N-ethyl adjacent to an activating group) is 1. The molecule has 1 amide bonds. The summed E-state index contributed by atoms with van der Waals surface area (Å²) in [5.74, 6) is -0.0981. The van der Waals surface area contributed by atoms with Gasteiger partial charge in [0.15, 0.2) is 0 Å². The van der Waals surface area contributed by atoms with Crippen LogP contribution in [0.4, 0.5) is 0 Å². The van der Waals surface area contributed by atoms with Crippen LogP contribution >= 0.6 is 0 Å². The smallest absolute Gasteiger partial charge is 0.251 e. The minimum atomic E-state index is -0.192. The highest BCUT2D eigenvalue weighted by molar-refractivity contribution is 5.94. The first kappa shape index (κ1) is 12.9. The molecule has 0 aromatic heterocycles. The number of ether oxygens (including phenoxy) is 1. The van der Waals surface area contributed by atoms with Crippen molar-refractivity contribution in [3.05, 3.63) is 29.8 Å². The molecule has 1 aromatic carbocycles. The lowest BCUT2D eigenvalue weighted by Crippen LogP contribution is -2.45. The fourth-order valence-electron chi connectivity index (χ4n) is 1.95. The van der Waals surface area contributed by atoms with Crippen LogP contribution in [0.5, 0.6) is 5.75 Å². The minimum absolute atomic E-state index is 0.0324. The quantitative estimate of drug-likeness (QED) is 0.818. The molecule has 2 N–H and O–H groups in total. The lowest BCUT2D eigenvalue weighted by Gasteiger charge is -2.30. The van der Waals surface area contributed by atoms with E-state index in [1.165, 1.54) is 12.1 Å². The molecule has 0 spiro atoms. The Morgan fingerprint density at radius 3 is 3.17 bits per heavy atom. The van der Waals surface area contributed by atoms with Gasteiger partial charge in [-0.05, 0) is 25.2 Å². The van der Waals surface area contributed by atoms with Gasteiger partial charge in [0.1, 0.15) is 5.75 Å². The fraction of sp³-hybridized carbons (Fsp3) is 0.462. The number of benzene rings is 1. The highest BCUT2D eigenvalue weighted by Crippen LogP contribution is 2.10. The van der Waals surface area contributed by atoms with Crippen LogP contribution in [0.25, 0.3) is 0 Å². The molecule has 1 fully saturated rings. The van der Waals surface area contributed by atoms with Crippen molar-refractivity contribution in [2.24, 2.45) is 0 Å². The molecule has 1 atom stereocenters. The predicted molar refractivity (Wildman–Crippen MR) is 67.7 cm³/mol. The first-order chi connectivity index (χ1) is 8.65. The van der Waals surface area contributed by atoms with E-state index in [2.05, 4.69) is 10.2 Å². The standard InChI is InChI=1S/C13H18N2O3/c1-15-5-6-18-12(9-15)8-14-13(17)10-3-2-4-11(16)7-10/h2-4,7,12,16H,5-6,8-9H2,1H3,(H,14,17). The average Bonchev–Trinajstić information content (AvgIpc) is 2.36. The second-order valence-corrected chi connectivity index (χ2v) is 4.52. The van der Waals surface area contributed by atoms with E-state index in [4.69, 9.17) is 4.74 Å². The van der Waals surface area contributed by atoms with E-state index in [1.807, 2.05) is 7.05 Å². The van der Waals surface area contributed by atoms with Crippen LogP contribution < -0.4 is 5.32 Å². The van der Waals surface area contributed by atoms with E-state index in [0.29, 0.717) is 18.7 Å². The van der Waals surface area contributed by atoms with Gasteiger partial charge in [-0.1, -0.05) is 6.07 Å². The number of hydrogen-bond donors (Lipinski definition) is 2. The normalized spacial score (nSPS) is 20.6. The summed E-state index contributed by atoms with van der Waals surface area (Å²) >= 11 is 0. The van der Waals surface area contributed by atoms with Gasteiger partial charge in [-0.25, -0.2) is 0 Å². The van der Waals surface area contributed by atoms with Crippen molar-refractivity contribution < 1.29 is 14.6 Å².